The molecule has 7 heteroatoms. The summed E-state index contributed by atoms with van der Waals surface area (Å²) in [6, 6.07) is 3.65. The molecule has 2 saturated heterocycles. The van der Waals surface area contributed by atoms with E-state index in [1.165, 1.54) is 6.42 Å². The van der Waals surface area contributed by atoms with E-state index in [4.69, 9.17) is 0 Å². The number of pyridine rings is 1. The fourth-order valence-electron chi connectivity index (χ4n) is 2.92. The standard InChI is InChI=1S/C13H16BrN3O.2ClH/c14-10-1-2-11(16-7-10)12(18)17-6-4-13(9-17)3-5-15-8-13;;/h1-2,7,15H,3-6,8-9H2;2*1H. The highest BCUT2D eigenvalue weighted by atomic mass is 79.9. The lowest BCUT2D eigenvalue weighted by Gasteiger charge is -2.22. The Kier molecular flexibility index (Phi) is 6.25. The number of hydrogen-bond acceptors (Lipinski definition) is 3. The third-order valence-corrected chi connectivity index (χ3v) is 4.47. The lowest BCUT2D eigenvalue weighted by Crippen LogP contribution is -2.33. The monoisotopic (exact) mass is 381 g/mol. The van der Waals surface area contributed by atoms with Gasteiger partial charge in [-0.2, -0.15) is 0 Å². The van der Waals surface area contributed by atoms with Crippen LogP contribution in [0.3, 0.4) is 0 Å². The molecule has 1 atom stereocenters. The number of rotatable bonds is 1. The lowest BCUT2D eigenvalue weighted by molar-refractivity contribution is 0.0770. The van der Waals surface area contributed by atoms with E-state index in [0.29, 0.717) is 11.1 Å². The van der Waals surface area contributed by atoms with Gasteiger partial charge >= 0.3 is 0 Å². The van der Waals surface area contributed by atoms with Crippen LogP contribution in [-0.2, 0) is 0 Å². The fraction of sp³-hybridized carbons (Fsp3) is 0.538. The molecule has 1 spiro atoms. The van der Waals surface area contributed by atoms with E-state index >= 15 is 0 Å². The first-order valence-corrected chi connectivity index (χ1v) is 7.09. The number of aromatic nitrogens is 1. The Bertz CT molecular complexity index is 463. The molecule has 1 aromatic heterocycles. The smallest absolute Gasteiger partial charge is 0.272 e. The molecule has 4 nitrogen and oxygen atoms in total. The van der Waals surface area contributed by atoms with E-state index in [2.05, 4.69) is 26.2 Å². The van der Waals surface area contributed by atoms with Crippen molar-refractivity contribution in [1.82, 2.24) is 15.2 Å². The number of nitrogens with one attached hydrogen (secondary N) is 1. The lowest BCUT2D eigenvalue weighted by atomic mass is 9.87. The van der Waals surface area contributed by atoms with Gasteiger partial charge in [-0.15, -0.1) is 24.8 Å². The summed E-state index contributed by atoms with van der Waals surface area (Å²) < 4.78 is 0.900. The van der Waals surface area contributed by atoms with Gasteiger partial charge in [0.15, 0.2) is 0 Å². The van der Waals surface area contributed by atoms with Gasteiger partial charge in [-0.25, -0.2) is 4.98 Å². The predicted molar refractivity (Wildman–Crippen MR) is 86.9 cm³/mol. The van der Waals surface area contributed by atoms with Crippen molar-refractivity contribution >= 4 is 46.7 Å². The third-order valence-electron chi connectivity index (χ3n) is 4.00. The van der Waals surface area contributed by atoms with Crippen LogP contribution in [0.1, 0.15) is 23.3 Å². The van der Waals surface area contributed by atoms with Crippen LogP contribution >= 0.6 is 40.7 Å². The number of hydrogen-bond donors (Lipinski definition) is 1. The van der Waals surface area contributed by atoms with Gasteiger partial charge in [0.1, 0.15) is 5.69 Å². The minimum atomic E-state index is 0. The number of nitrogens with zero attached hydrogens (tertiary/aromatic N) is 2. The molecule has 1 unspecified atom stereocenters. The van der Waals surface area contributed by atoms with Crippen LogP contribution in [0.25, 0.3) is 0 Å². The maximum atomic E-state index is 12.3. The molecular formula is C13H18BrCl2N3O. The average molecular weight is 383 g/mol. The molecule has 2 aliphatic heterocycles. The van der Waals surface area contributed by atoms with Crippen molar-refractivity contribution in [1.29, 1.82) is 0 Å². The van der Waals surface area contributed by atoms with Gasteiger partial charge in [-0.3, -0.25) is 4.79 Å². The van der Waals surface area contributed by atoms with E-state index in [-0.39, 0.29) is 30.7 Å². The Morgan fingerprint density at radius 3 is 2.75 bits per heavy atom. The summed E-state index contributed by atoms with van der Waals surface area (Å²) in [6.07, 6.45) is 3.98. The van der Waals surface area contributed by atoms with Crippen molar-refractivity contribution in [3.63, 3.8) is 0 Å². The summed E-state index contributed by atoms with van der Waals surface area (Å²) in [5.74, 6) is 0.0614. The van der Waals surface area contributed by atoms with Gasteiger partial charge in [0, 0.05) is 35.7 Å². The quantitative estimate of drug-likeness (QED) is 0.811. The minimum absolute atomic E-state index is 0. The Morgan fingerprint density at radius 1 is 1.35 bits per heavy atom. The van der Waals surface area contributed by atoms with E-state index in [1.54, 1.807) is 12.3 Å². The van der Waals surface area contributed by atoms with E-state index in [1.807, 2.05) is 11.0 Å². The first-order chi connectivity index (χ1) is 8.69. The number of halogens is 3. The zero-order valence-corrected chi connectivity index (χ0v) is 14.2. The molecule has 0 radical (unpaired) electrons. The minimum Gasteiger partial charge on any atom is -0.337 e. The van der Waals surface area contributed by atoms with Crippen molar-refractivity contribution < 1.29 is 4.79 Å². The molecule has 2 fully saturated rings. The van der Waals surface area contributed by atoms with E-state index < -0.39 is 0 Å². The van der Waals surface area contributed by atoms with Crippen LogP contribution in [0.5, 0.6) is 0 Å². The molecule has 112 valence electrons. The normalized spacial score (nSPS) is 24.4. The Balaban J connectivity index is 0.000001000. The molecule has 3 rings (SSSR count). The third kappa shape index (κ3) is 3.45. The topological polar surface area (TPSA) is 45.2 Å². The first-order valence-electron chi connectivity index (χ1n) is 6.30. The molecule has 0 aromatic carbocycles. The molecule has 0 saturated carbocycles. The summed E-state index contributed by atoms with van der Waals surface area (Å²) >= 11 is 3.33. The van der Waals surface area contributed by atoms with Crippen LogP contribution in [0, 0.1) is 5.41 Å². The molecule has 3 heterocycles. The van der Waals surface area contributed by atoms with Gasteiger partial charge in [0.25, 0.3) is 5.91 Å². The second-order valence-electron chi connectivity index (χ2n) is 5.27. The van der Waals surface area contributed by atoms with Gasteiger partial charge in [-0.1, -0.05) is 0 Å². The average Bonchev–Trinajstić information content (AvgIpc) is 3.01. The van der Waals surface area contributed by atoms with Crippen molar-refractivity contribution in [3.8, 4) is 0 Å². The van der Waals surface area contributed by atoms with Gasteiger partial charge in [-0.05, 0) is 47.4 Å². The number of amides is 1. The highest BCUT2D eigenvalue weighted by Crippen LogP contribution is 2.36. The number of carbonyl (C=O) groups excluding carboxylic acids is 1. The van der Waals surface area contributed by atoms with E-state index in [0.717, 1.165) is 37.1 Å². The van der Waals surface area contributed by atoms with Gasteiger partial charge < -0.3 is 10.2 Å². The molecule has 1 N–H and O–H groups in total. The summed E-state index contributed by atoms with van der Waals surface area (Å²) in [6.45, 7) is 3.86. The summed E-state index contributed by atoms with van der Waals surface area (Å²) in [7, 11) is 0. The summed E-state index contributed by atoms with van der Waals surface area (Å²) in [5.41, 5.74) is 0.867. The summed E-state index contributed by atoms with van der Waals surface area (Å²) in [5, 5.41) is 3.40. The molecule has 1 aromatic rings. The van der Waals surface area contributed by atoms with Crippen LogP contribution in [0.15, 0.2) is 22.8 Å². The van der Waals surface area contributed by atoms with Crippen LogP contribution in [-0.4, -0.2) is 42.0 Å². The Morgan fingerprint density at radius 2 is 2.15 bits per heavy atom. The maximum Gasteiger partial charge on any atom is 0.272 e. The molecule has 2 aliphatic rings. The van der Waals surface area contributed by atoms with Crippen molar-refractivity contribution in [2.24, 2.45) is 5.41 Å². The molecule has 0 aliphatic carbocycles. The molecular weight excluding hydrogens is 365 g/mol. The van der Waals surface area contributed by atoms with Crippen molar-refractivity contribution in [2.45, 2.75) is 12.8 Å². The highest BCUT2D eigenvalue weighted by molar-refractivity contribution is 9.10. The number of carbonyl (C=O) groups is 1. The maximum absolute atomic E-state index is 12.3. The first kappa shape index (κ1) is 17.7. The van der Waals surface area contributed by atoms with Crippen LogP contribution in [0.4, 0.5) is 0 Å². The van der Waals surface area contributed by atoms with Gasteiger partial charge in [0.05, 0.1) is 0 Å². The predicted octanol–water partition coefficient (Wildman–Crippen LogP) is 2.51. The zero-order valence-electron chi connectivity index (χ0n) is 11.0. The van der Waals surface area contributed by atoms with Gasteiger partial charge in [0.2, 0.25) is 0 Å². The number of likely N-dealkylation sites (tertiary alicyclic amines) is 1. The molecule has 0 bridgehead atoms. The van der Waals surface area contributed by atoms with Crippen molar-refractivity contribution in [3.05, 3.63) is 28.5 Å². The van der Waals surface area contributed by atoms with Crippen molar-refractivity contribution in [2.75, 3.05) is 26.2 Å². The largest absolute Gasteiger partial charge is 0.337 e. The second-order valence-corrected chi connectivity index (χ2v) is 6.18. The fourth-order valence-corrected chi connectivity index (χ4v) is 3.15. The zero-order chi connectivity index (χ0) is 12.6. The molecule has 20 heavy (non-hydrogen) atoms. The van der Waals surface area contributed by atoms with Crippen LogP contribution in [0.2, 0.25) is 0 Å². The van der Waals surface area contributed by atoms with E-state index in [9.17, 15) is 4.79 Å². The highest BCUT2D eigenvalue weighted by Gasteiger charge is 2.42. The SMILES string of the molecule is Cl.Cl.O=C(c1ccc(Br)cn1)N1CCC2(CCNC2)C1. The van der Waals surface area contributed by atoms with Crippen LogP contribution < -0.4 is 5.32 Å². The molecule has 1 amide bonds. The second kappa shape index (κ2) is 7.07. The Hall–Kier alpha value is -0.360. The Labute approximate surface area is 139 Å². The summed E-state index contributed by atoms with van der Waals surface area (Å²) in [4.78, 5) is 18.5.